The highest BCUT2D eigenvalue weighted by Gasteiger charge is 2.25. The zero-order chi connectivity index (χ0) is 16.5. The number of rotatable bonds is 2. The fraction of sp³-hybridized carbons (Fsp3) is 0.150. The Bertz CT molecular complexity index is 883. The Labute approximate surface area is 139 Å². The van der Waals surface area contributed by atoms with Crippen molar-refractivity contribution in [2.45, 2.75) is 12.8 Å². The highest BCUT2D eigenvalue weighted by atomic mass is 19.1. The summed E-state index contributed by atoms with van der Waals surface area (Å²) in [6.07, 6.45) is 1.92. The van der Waals surface area contributed by atoms with Crippen LogP contribution in [0.5, 0.6) is 0 Å². The standard InChI is InChI=1S/C20H16FNO2/c21-16-9-7-15(8-10-16)18-11-12-19(24-18)20(23)22-13-3-5-14-4-1-2-6-17(14)22/h1-2,4,6-12H,3,5,13H2. The van der Waals surface area contributed by atoms with Gasteiger partial charge >= 0.3 is 0 Å². The molecule has 0 unspecified atom stereocenters. The van der Waals surface area contributed by atoms with Crippen LogP contribution < -0.4 is 4.90 Å². The van der Waals surface area contributed by atoms with Crippen molar-refractivity contribution in [3.63, 3.8) is 0 Å². The first-order valence-corrected chi connectivity index (χ1v) is 7.98. The van der Waals surface area contributed by atoms with Gasteiger partial charge in [0.2, 0.25) is 0 Å². The number of para-hydroxylation sites is 1. The summed E-state index contributed by atoms with van der Waals surface area (Å²) in [7, 11) is 0. The maximum atomic E-state index is 13.0. The first-order chi connectivity index (χ1) is 11.7. The summed E-state index contributed by atoms with van der Waals surface area (Å²) < 4.78 is 18.8. The number of halogens is 1. The number of amides is 1. The molecule has 3 aromatic rings. The molecule has 0 N–H and O–H groups in total. The van der Waals surface area contributed by atoms with Crippen LogP contribution in [-0.2, 0) is 6.42 Å². The molecule has 2 heterocycles. The van der Waals surface area contributed by atoms with Crippen LogP contribution in [0, 0.1) is 5.82 Å². The summed E-state index contributed by atoms with van der Waals surface area (Å²) in [5, 5.41) is 0. The first-order valence-electron chi connectivity index (χ1n) is 7.98. The molecule has 120 valence electrons. The van der Waals surface area contributed by atoms with Gasteiger partial charge in [0, 0.05) is 17.8 Å². The number of anilines is 1. The van der Waals surface area contributed by atoms with Crippen molar-refractivity contribution in [3.05, 3.63) is 77.8 Å². The molecule has 1 aliphatic heterocycles. The SMILES string of the molecule is O=C(c1ccc(-c2ccc(F)cc2)o1)N1CCCc2ccccc21. The zero-order valence-corrected chi connectivity index (χ0v) is 13.0. The summed E-state index contributed by atoms with van der Waals surface area (Å²) in [5.74, 6) is 0.414. The molecule has 0 aliphatic carbocycles. The van der Waals surface area contributed by atoms with E-state index in [0.717, 1.165) is 24.1 Å². The average molecular weight is 321 g/mol. The second kappa shape index (κ2) is 5.96. The minimum Gasteiger partial charge on any atom is -0.451 e. The lowest BCUT2D eigenvalue weighted by molar-refractivity contribution is 0.0959. The van der Waals surface area contributed by atoms with E-state index in [1.54, 1.807) is 29.2 Å². The van der Waals surface area contributed by atoms with E-state index in [2.05, 4.69) is 6.07 Å². The molecule has 24 heavy (non-hydrogen) atoms. The van der Waals surface area contributed by atoms with Gasteiger partial charge in [0.15, 0.2) is 5.76 Å². The van der Waals surface area contributed by atoms with Gasteiger partial charge in [-0.25, -0.2) is 4.39 Å². The molecule has 1 aliphatic rings. The molecule has 0 radical (unpaired) electrons. The lowest BCUT2D eigenvalue weighted by atomic mass is 10.0. The molecule has 0 fully saturated rings. The Hall–Kier alpha value is -2.88. The minimum absolute atomic E-state index is 0.143. The Morgan fingerprint density at radius 2 is 1.79 bits per heavy atom. The van der Waals surface area contributed by atoms with Crippen molar-refractivity contribution in [1.82, 2.24) is 0 Å². The van der Waals surface area contributed by atoms with Gasteiger partial charge in [0.25, 0.3) is 5.91 Å². The summed E-state index contributed by atoms with van der Waals surface area (Å²) >= 11 is 0. The van der Waals surface area contributed by atoms with Gasteiger partial charge in [0.1, 0.15) is 11.6 Å². The van der Waals surface area contributed by atoms with E-state index in [1.807, 2.05) is 18.2 Å². The van der Waals surface area contributed by atoms with E-state index in [1.165, 1.54) is 17.7 Å². The van der Waals surface area contributed by atoms with Crippen LogP contribution in [0.25, 0.3) is 11.3 Å². The molecule has 4 rings (SSSR count). The highest BCUT2D eigenvalue weighted by Crippen LogP contribution is 2.29. The van der Waals surface area contributed by atoms with Crippen molar-refractivity contribution in [2.24, 2.45) is 0 Å². The highest BCUT2D eigenvalue weighted by molar-refractivity contribution is 6.05. The fourth-order valence-corrected chi connectivity index (χ4v) is 3.10. The normalized spacial score (nSPS) is 13.6. The predicted molar refractivity (Wildman–Crippen MR) is 90.5 cm³/mol. The van der Waals surface area contributed by atoms with Crippen LogP contribution in [0.2, 0.25) is 0 Å². The van der Waals surface area contributed by atoms with Gasteiger partial charge in [-0.1, -0.05) is 18.2 Å². The number of carbonyl (C=O) groups is 1. The maximum absolute atomic E-state index is 13.0. The summed E-state index contributed by atoms with van der Waals surface area (Å²) in [4.78, 5) is 14.6. The van der Waals surface area contributed by atoms with Gasteiger partial charge in [-0.2, -0.15) is 0 Å². The van der Waals surface area contributed by atoms with E-state index < -0.39 is 0 Å². The molecule has 1 aromatic heterocycles. The molecule has 0 saturated carbocycles. The van der Waals surface area contributed by atoms with Gasteiger partial charge in [-0.05, 0) is 60.9 Å². The zero-order valence-electron chi connectivity index (χ0n) is 13.0. The second-order valence-electron chi connectivity index (χ2n) is 5.86. The number of carbonyl (C=O) groups excluding carboxylic acids is 1. The molecular formula is C20H16FNO2. The quantitative estimate of drug-likeness (QED) is 0.687. The Morgan fingerprint density at radius 1 is 1.00 bits per heavy atom. The van der Waals surface area contributed by atoms with Crippen LogP contribution in [0.3, 0.4) is 0 Å². The Morgan fingerprint density at radius 3 is 2.62 bits per heavy atom. The van der Waals surface area contributed by atoms with Gasteiger partial charge in [-0.3, -0.25) is 4.79 Å². The maximum Gasteiger partial charge on any atom is 0.293 e. The topological polar surface area (TPSA) is 33.5 Å². The van der Waals surface area contributed by atoms with Crippen molar-refractivity contribution < 1.29 is 13.6 Å². The van der Waals surface area contributed by atoms with Crippen molar-refractivity contribution in [3.8, 4) is 11.3 Å². The van der Waals surface area contributed by atoms with Gasteiger partial charge in [0.05, 0.1) is 0 Å². The molecule has 3 nitrogen and oxygen atoms in total. The number of fused-ring (bicyclic) bond motifs is 1. The van der Waals surface area contributed by atoms with Crippen LogP contribution in [0.1, 0.15) is 22.5 Å². The van der Waals surface area contributed by atoms with Gasteiger partial charge < -0.3 is 9.32 Å². The number of hydrogen-bond donors (Lipinski definition) is 0. The van der Waals surface area contributed by atoms with Crippen LogP contribution in [0.4, 0.5) is 10.1 Å². The Kier molecular flexibility index (Phi) is 3.65. The molecular weight excluding hydrogens is 305 g/mol. The van der Waals surface area contributed by atoms with E-state index in [9.17, 15) is 9.18 Å². The van der Waals surface area contributed by atoms with E-state index in [0.29, 0.717) is 18.1 Å². The lowest BCUT2D eigenvalue weighted by Gasteiger charge is -2.28. The van der Waals surface area contributed by atoms with Crippen LogP contribution in [0.15, 0.2) is 65.1 Å². The third-order valence-corrected chi connectivity index (χ3v) is 4.30. The molecule has 2 aromatic carbocycles. The number of furan rings is 1. The molecule has 1 amide bonds. The van der Waals surface area contributed by atoms with Crippen molar-refractivity contribution in [2.75, 3.05) is 11.4 Å². The largest absolute Gasteiger partial charge is 0.451 e. The average Bonchev–Trinajstić information content (AvgIpc) is 3.11. The van der Waals surface area contributed by atoms with Gasteiger partial charge in [-0.15, -0.1) is 0 Å². The predicted octanol–water partition coefficient (Wildman–Crippen LogP) is 4.68. The molecule has 0 spiro atoms. The smallest absolute Gasteiger partial charge is 0.293 e. The molecule has 0 saturated heterocycles. The van der Waals surface area contributed by atoms with E-state index in [4.69, 9.17) is 4.42 Å². The lowest BCUT2D eigenvalue weighted by Crippen LogP contribution is -2.35. The van der Waals surface area contributed by atoms with E-state index >= 15 is 0 Å². The number of benzene rings is 2. The van der Waals surface area contributed by atoms with Crippen LogP contribution in [-0.4, -0.2) is 12.5 Å². The molecule has 0 bridgehead atoms. The van der Waals surface area contributed by atoms with Crippen LogP contribution >= 0.6 is 0 Å². The number of aryl methyl sites for hydroxylation is 1. The molecule has 0 atom stereocenters. The third-order valence-electron chi connectivity index (χ3n) is 4.30. The van der Waals surface area contributed by atoms with Crippen molar-refractivity contribution >= 4 is 11.6 Å². The number of hydrogen-bond acceptors (Lipinski definition) is 2. The third kappa shape index (κ3) is 2.60. The van der Waals surface area contributed by atoms with E-state index in [-0.39, 0.29) is 11.7 Å². The van der Waals surface area contributed by atoms with Crippen molar-refractivity contribution in [1.29, 1.82) is 0 Å². The monoisotopic (exact) mass is 321 g/mol. The first kappa shape index (κ1) is 14.7. The summed E-state index contributed by atoms with van der Waals surface area (Å²) in [6.45, 7) is 0.683. The number of nitrogens with zero attached hydrogens (tertiary/aromatic N) is 1. The summed E-state index contributed by atoms with van der Waals surface area (Å²) in [5.41, 5.74) is 2.88. The second-order valence-corrected chi connectivity index (χ2v) is 5.86. The molecule has 4 heteroatoms. The summed E-state index contributed by atoms with van der Waals surface area (Å²) in [6, 6.07) is 17.4. The fourth-order valence-electron chi connectivity index (χ4n) is 3.10. The Balaban J connectivity index is 1.63. The minimum atomic E-state index is -0.300.